The highest BCUT2D eigenvalue weighted by Crippen LogP contribution is 2.24. The van der Waals surface area contributed by atoms with E-state index in [-0.39, 0.29) is 18.3 Å². The molecule has 0 atom stereocenters. The molecule has 0 aromatic carbocycles. The zero-order chi connectivity index (χ0) is 11.8. The zero-order valence-corrected chi connectivity index (χ0v) is 10.5. The number of methoxy groups -OCH3 is 1. The van der Waals surface area contributed by atoms with Crippen LogP contribution < -0.4 is 5.32 Å². The number of rotatable bonds is 5. The Balaban J connectivity index is 2.08. The molecule has 16 heavy (non-hydrogen) atoms. The maximum Gasteiger partial charge on any atom is 0.307 e. The van der Waals surface area contributed by atoms with E-state index in [4.69, 9.17) is 0 Å². The van der Waals surface area contributed by atoms with Gasteiger partial charge in [-0.2, -0.15) is 11.8 Å². The van der Waals surface area contributed by atoms with Crippen molar-refractivity contribution in [2.45, 2.75) is 25.7 Å². The maximum absolute atomic E-state index is 11.5. The van der Waals surface area contributed by atoms with E-state index in [2.05, 4.69) is 10.1 Å². The molecule has 1 heterocycles. The fourth-order valence-electron chi connectivity index (χ4n) is 1.69. The second kappa shape index (κ2) is 7.54. The second-order valence-corrected chi connectivity index (χ2v) is 5.16. The van der Waals surface area contributed by atoms with Gasteiger partial charge in [-0.1, -0.05) is 0 Å². The highest BCUT2D eigenvalue weighted by Gasteiger charge is 2.17. The van der Waals surface area contributed by atoms with Crippen molar-refractivity contribution in [3.8, 4) is 0 Å². The van der Waals surface area contributed by atoms with Gasteiger partial charge in [0.25, 0.3) is 0 Å². The van der Waals surface area contributed by atoms with Gasteiger partial charge in [-0.25, -0.2) is 0 Å². The molecule has 1 fully saturated rings. The smallest absolute Gasteiger partial charge is 0.307 e. The van der Waals surface area contributed by atoms with E-state index in [0.717, 1.165) is 12.8 Å². The van der Waals surface area contributed by atoms with Crippen molar-refractivity contribution in [1.29, 1.82) is 0 Å². The lowest BCUT2D eigenvalue weighted by Crippen LogP contribution is -2.29. The Hall–Kier alpha value is -0.710. The number of thioether (sulfide) groups is 1. The number of carbonyl (C=O) groups excluding carboxylic acids is 2. The molecule has 0 aliphatic carbocycles. The van der Waals surface area contributed by atoms with Crippen LogP contribution in [0.4, 0.5) is 0 Å². The lowest BCUT2D eigenvalue weighted by molar-refractivity contribution is -0.140. The minimum absolute atomic E-state index is 0.0563. The molecule has 1 N–H and O–H groups in total. The minimum Gasteiger partial charge on any atom is -0.469 e. The molecule has 1 aliphatic rings. The predicted molar refractivity (Wildman–Crippen MR) is 64.3 cm³/mol. The highest BCUT2D eigenvalue weighted by molar-refractivity contribution is 7.99. The molecular formula is C11H19NO3S. The van der Waals surface area contributed by atoms with Crippen molar-refractivity contribution in [2.75, 3.05) is 25.2 Å². The van der Waals surface area contributed by atoms with E-state index in [1.165, 1.54) is 18.6 Å². The molecule has 1 aliphatic heterocycles. The van der Waals surface area contributed by atoms with Crippen molar-refractivity contribution < 1.29 is 14.3 Å². The quantitative estimate of drug-likeness (QED) is 0.739. The Morgan fingerprint density at radius 3 is 2.69 bits per heavy atom. The van der Waals surface area contributed by atoms with Gasteiger partial charge in [-0.05, 0) is 30.3 Å². The lowest BCUT2D eigenvalue weighted by atomic mass is 9.98. The van der Waals surface area contributed by atoms with Crippen LogP contribution >= 0.6 is 11.8 Å². The molecule has 0 unspecified atom stereocenters. The van der Waals surface area contributed by atoms with E-state index >= 15 is 0 Å². The summed E-state index contributed by atoms with van der Waals surface area (Å²) in [6.45, 7) is 0.382. The third-order valence-electron chi connectivity index (χ3n) is 2.69. The third kappa shape index (κ3) is 5.39. The average molecular weight is 245 g/mol. The Labute approximate surface area is 100 Å². The number of carbonyl (C=O) groups is 2. The molecule has 0 aromatic rings. The number of esters is 1. The Morgan fingerprint density at radius 2 is 2.06 bits per heavy atom. The summed E-state index contributed by atoms with van der Waals surface area (Å²) in [5, 5.41) is 2.75. The number of nitrogens with one attached hydrogen (secondary N) is 1. The number of ether oxygens (including phenoxy) is 1. The first-order valence-corrected chi connectivity index (χ1v) is 6.79. The monoisotopic (exact) mass is 245 g/mol. The van der Waals surface area contributed by atoms with Crippen LogP contribution in [0.3, 0.4) is 0 Å². The predicted octanol–water partition coefficient (Wildman–Crippen LogP) is 1.20. The second-order valence-electron chi connectivity index (χ2n) is 3.94. The molecule has 1 rings (SSSR count). The fraction of sp³-hybridized carbons (Fsp3) is 0.818. The van der Waals surface area contributed by atoms with E-state index in [1.807, 2.05) is 11.8 Å². The van der Waals surface area contributed by atoms with Crippen molar-refractivity contribution in [3.05, 3.63) is 0 Å². The van der Waals surface area contributed by atoms with Crippen molar-refractivity contribution >= 4 is 23.6 Å². The summed E-state index contributed by atoms with van der Waals surface area (Å²) in [5.74, 6) is 2.63. The Bertz CT molecular complexity index is 239. The van der Waals surface area contributed by atoms with Crippen molar-refractivity contribution in [2.24, 2.45) is 5.92 Å². The Kier molecular flexibility index (Phi) is 6.30. The first-order chi connectivity index (χ1) is 7.72. The molecule has 92 valence electrons. The molecule has 5 heteroatoms. The SMILES string of the molecule is COC(=O)CCNC(=O)CC1CCSCC1. The lowest BCUT2D eigenvalue weighted by Gasteiger charge is -2.20. The van der Waals surface area contributed by atoms with Crippen LogP contribution in [0.15, 0.2) is 0 Å². The minimum atomic E-state index is -0.283. The summed E-state index contributed by atoms with van der Waals surface area (Å²) < 4.78 is 4.49. The van der Waals surface area contributed by atoms with E-state index < -0.39 is 0 Å². The first-order valence-electron chi connectivity index (χ1n) is 5.63. The molecule has 1 saturated heterocycles. The summed E-state index contributed by atoms with van der Waals surface area (Å²) in [7, 11) is 1.35. The number of amides is 1. The normalized spacial score (nSPS) is 16.8. The molecule has 4 nitrogen and oxygen atoms in total. The number of hydrogen-bond acceptors (Lipinski definition) is 4. The highest BCUT2D eigenvalue weighted by atomic mass is 32.2. The topological polar surface area (TPSA) is 55.4 Å². The van der Waals surface area contributed by atoms with Gasteiger partial charge in [-0.3, -0.25) is 9.59 Å². The molecular weight excluding hydrogens is 226 g/mol. The fourth-order valence-corrected chi connectivity index (χ4v) is 2.90. The summed E-state index contributed by atoms with van der Waals surface area (Å²) in [6, 6.07) is 0. The summed E-state index contributed by atoms with van der Waals surface area (Å²) in [5.41, 5.74) is 0. The van der Waals surface area contributed by atoms with Gasteiger partial charge in [0.1, 0.15) is 0 Å². The van der Waals surface area contributed by atoms with Crippen LogP contribution in [0, 0.1) is 5.92 Å². The van der Waals surface area contributed by atoms with Crippen LogP contribution in [0.1, 0.15) is 25.7 Å². The largest absolute Gasteiger partial charge is 0.469 e. The molecule has 0 radical (unpaired) electrons. The van der Waals surface area contributed by atoms with Gasteiger partial charge >= 0.3 is 5.97 Å². The van der Waals surface area contributed by atoms with Crippen molar-refractivity contribution in [3.63, 3.8) is 0 Å². The first kappa shape index (κ1) is 13.4. The average Bonchev–Trinajstić information content (AvgIpc) is 2.30. The summed E-state index contributed by atoms with van der Waals surface area (Å²) in [4.78, 5) is 22.3. The molecule has 0 saturated carbocycles. The molecule has 0 aromatic heterocycles. The van der Waals surface area contributed by atoms with E-state index in [0.29, 0.717) is 18.9 Å². The zero-order valence-electron chi connectivity index (χ0n) is 9.66. The van der Waals surface area contributed by atoms with Crippen molar-refractivity contribution in [1.82, 2.24) is 5.32 Å². The van der Waals surface area contributed by atoms with E-state index in [1.54, 1.807) is 0 Å². The number of hydrogen-bond donors (Lipinski definition) is 1. The maximum atomic E-state index is 11.5. The van der Waals surface area contributed by atoms with Gasteiger partial charge in [0, 0.05) is 13.0 Å². The van der Waals surface area contributed by atoms with Crippen LogP contribution in [-0.4, -0.2) is 37.0 Å². The molecule has 0 bridgehead atoms. The van der Waals surface area contributed by atoms with Crippen LogP contribution in [0.25, 0.3) is 0 Å². The van der Waals surface area contributed by atoms with Crippen LogP contribution in [-0.2, 0) is 14.3 Å². The molecule has 0 spiro atoms. The van der Waals surface area contributed by atoms with Crippen LogP contribution in [0.2, 0.25) is 0 Å². The summed E-state index contributed by atoms with van der Waals surface area (Å²) in [6.07, 6.45) is 3.12. The van der Waals surface area contributed by atoms with E-state index in [9.17, 15) is 9.59 Å². The van der Waals surface area contributed by atoms with Crippen LogP contribution in [0.5, 0.6) is 0 Å². The standard InChI is InChI=1S/C11H19NO3S/c1-15-11(14)2-5-12-10(13)8-9-3-6-16-7-4-9/h9H,2-8H2,1H3,(H,12,13). The van der Waals surface area contributed by atoms with Gasteiger partial charge in [0.05, 0.1) is 13.5 Å². The van der Waals surface area contributed by atoms with Gasteiger partial charge < -0.3 is 10.1 Å². The van der Waals surface area contributed by atoms with Gasteiger partial charge in [0.2, 0.25) is 5.91 Å². The Morgan fingerprint density at radius 1 is 1.38 bits per heavy atom. The summed E-state index contributed by atoms with van der Waals surface area (Å²) >= 11 is 1.96. The van der Waals surface area contributed by atoms with Gasteiger partial charge in [0.15, 0.2) is 0 Å². The molecule has 1 amide bonds. The van der Waals surface area contributed by atoms with Gasteiger partial charge in [-0.15, -0.1) is 0 Å². The third-order valence-corrected chi connectivity index (χ3v) is 3.74.